The van der Waals surface area contributed by atoms with Crippen molar-refractivity contribution in [2.45, 2.75) is 6.54 Å². The van der Waals surface area contributed by atoms with Crippen LogP contribution in [-0.4, -0.2) is 30.9 Å². The van der Waals surface area contributed by atoms with Crippen LogP contribution in [0.2, 0.25) is 0 Å². The van der Waals surface area contributed by atoms with Gasteiger partial charge in [0.25, 0.3) is 11.8 Å². The lowest BCUT2D eigenvalue weighted by molar-refractivity contribution is 0.0785. The molecule has 0 aliphatic heterocycles. The molecule has 0 aliphatic carbocycles. The van der Waals surface area contributed by atoms with Crippen molar-refractivity contribution in [1.82, 2.24) is 4.90 Å². The number of rotatable bonds is 6. The van der Waals surface area contributed by atoms with E-state index in [-0.39, 0.29) is 24.1 Å². The summed E-state index contributed by atoms with van der Waals surface area (Å²) in [6.45, 7) is 0.261. The topological polar surface area (TPSA) is 58.6 Å². The maximum absolute atomic E-state index is 13.8. The molecule has 0 radical (unpaired) electrons. The summed E-state index contributed by atoms with van der Waals surface area (Å²) < 4.78 is 18.7. The van der Waals surface area contributed by atoms with Gasteiger partial charge in [0.1, 0.15) is 0 Å². The molecule has 3 rings (SSSR count). The molecule has 0 bridgehead atoms. The number of hydrogen-bond acceptors (Lipinski definition) is 4. The summed E-state index contributed by atoms with van der Waals surface area (Å²) in [5, 5.41) is 4.62. The van der Waals surface area contributed by atoms with Crippen LogP contribution in [0.3, 0.4) is 0 Å². The molecule has 3 aromatic rings. The van der Waals surface area contributed by atoms with E-state index in [9.17, 15) is 14.0 Å². The zero-order valence-corrected chi connectivity index (χ0v) is 16.3. The molecule has 2 amide bonds. The Morgan fingerprint density at radius 3 is 2.50 bits per heavy atom. The molecule has 0 saturated heterocycles. The summed E-state index contributed by atoms with van der Waals surface area (Å²) in [5.74, 6) is -0.690. The molecule has 7 heteroatoms. The number of carbonyl (C=O) groups is 2. The zero-order chi connectivity index (χ0) is 20.1. The van der Waals surface area contributed by atoms with Crippen molar-refractivity contribution >= 4 is 28.8 Å². The van der Waals surface area contributed by atoms with Crippen molar-refractivity contribution in [1.29, 1.82) is 0 Å². The Bertz CT molecular complexity index is 972. The quantitative estimate of drug-likeness (QED) is 0.669. The Morgan fingerprint density at radius 2 is 1.89 bits per heavy atom. The average molecular weight is 398 g/mol. The van der Waals surface area contributed by atoms with E-state index in [1.165, 1.54) is 35.5 Å². The van der Waals surface area contributed by atoms with Gasteiger partial charge in [0.15, 0.2) is 11.6 Å². The largest absolute Gasteiger partial charge is 0.494 e. The van der Waals surface area contributed by atoms with Gasteiger partial charge in [0.2, 0.25) is 0 Å². The maximum atomic E-state index is 13.8. The van der Waals surface area contributed by atoms with E-state index < -0.39 is 5.82 Å². The number of nitrogens with zero attached hydrogens (tertiary/aromatic N) is 1. The van der Waals surface area contributed by atoms with Crippen molar-refractivity contribution in [3.8, 4) is 5.75 Å². The molecule has 2 aromatic carbocycles. The fourth-order valence-electron chi connectivity index (χ4n) is 2.67. The third-order valence-electron chi connectivity index (χ3n) is 4.12. The van der Waals surface area contributed by atoms with Crippen LogP contribution in [0.5, 0.6) is 5.75 Å². The van der Waals surface area contributed by atoms with Crippen LogP contribution in [-0.2, 0) is 6.54 Å². The minimum absolute atomic E-state index is 0.165. The van der Waals surface area contributed by atoms with Crippen LogP contribution in [0.4, 0.5) is 10.1 Å². The van der Waals surface area contributed by atoms with Gasteiger partial charge in [-0.15, -0.1) is 11.3 Å². The molecule has 28 heavy (non-hydrogen) atoms. The smallest absolute Gasteiger partial charge is 0.265 e. The van der Waals surface area contributed by atoms with Crippen LogP contribution in [0.15, 0.2) is 60.0 Å². The second-order valence-electron chi connectivity index (χ2n) is 6.14. The first-order chi connectivity index (χ1) is 13.5. The number of nitrogens with one attached hydrogen (secondary N) is 1. The molecule has 0 unspecified atom stereocenters. The second kappa shape index (κ2) is 8.67. The molecular weight excluding hydrogens is 379 g/mol. The van der Waals surface area contributed by atoms with Crippen LogP contribution in [0, 0.1) is 5.82 Å². The van der Waals surface area contributed by atoms with Crippen molar-refractivity contribution in [3.05, 3.63) is 81.8 Å². The lowest BCUT2D eigenvalue weighted by atomic mass is 10.1. The van der Waals surface area contributed by atoms with Crippen molar-refractivity contribution in [3.63, 3.8) is 0 Å². The van der Waals surface area contributed by atoms with Crippen LogP contribution < -0.4 is 10.1 Å². The maximum Gasteiger partial charge on any atom is 0.265 e. The van der Waals surface area contributed by atoms with Gasteiger partial charge in [-0.05, 0) is 53.4 Å². The summed E-state index contributed by atoms with van der Waals surface area (Å²) in [6, 6.07) is 14.8. The summed E-state index contributed by atoms with van der Waals surface area (Å²) >= 11 is 1.36. The normalized spacial score (nSPS) is 10.4. The second-order valence-corrected chi connectivity index (χ2v) is 7.09. The number of hydrogen-bond donors (Lipinski definition) is 1. The molecule has 5 nitrogen and oxygen atoms in total. The Labute approximate surface area is 166 Å². The standard InChI is InChI=1S/C21H19FN2O3S/c1-24(13-14-5-10-18(27-2)17(22)12-14)21(26)15-6-8-16(9-7-15)23-20(25)19-4-3-11-28-19/h3-12H,13H2,1-2H3,(H,23,25). The van der Waals surface area contributed by atoms with E-state index in [1.807, 2.05) is 11.4 Å². The van der Waals surface area contributed by atoms with Crippen LogP contribution in [0.25, 0.3) is 0 Å². The minimum Gasteiger partial charge on any atom is -0.494 e. The summed E-state index contributed by atoms with van der Waals surface area (Å²) in [6.07, 6.45) is 0. The van der Waals surface area contributed by atoms with E-state index in [4.69, 9.17) is 4.74 Å². The van der Waals surface area contributed by atoms with Crippen LogP contribution in [0.1, 0.15) is 25.6 Å². The minimum atomic E-state index is -0.466. The summed E-state index contributed by atoms with van der Waals surface area (Å²) in [5.41, 5.74) is 1.74. The number of thiophene rings is 1. The van der Waals surface area contributed by atoms with Gasteiger partial charge < -0.3 is 15.0 Å². The van der Waals surface area contributed by atoms with Gasteiger partial charge in [0, 0.05) is 24.8 Å². The number of methoxy groups -OCH3 is 1. The van der Waals surface area contributed by atoms with E-state index in [1.54, 1.807) is 43.4 Å². The highest BCUT2D eigenvalue weighted by molar-refractivity contribution is 7.12. The number of anilines is 1. The Hall–Kier alpha value is -3.19. The van der Waals surface area contributed by atoms with Crippen molar-refractivity contribution in [2.75, 3.05) is 19.5 Å². The third kappa shape index (κ3) is 4.55. The van der Waals surface area contributed by atoms with Crippen LogP contribution >= 0.6 is 11.3 Å². The molecule has 1 N–H and O–H groups in total. The first kappa shape index (κ1) is 19.6. The molecule has 0 atom stereocenters. The molecular formula is C21H19FN2O3S. The van der Waals surface area contributed by atoms with E-state index >= 15 is 0 Å². The van der Waals surface area contributed by atoms with Gasteiger partial charge in [-0.2, -0.15) is 0 Å². The fourth-order valence-corrected chi connectivity index (χ4v) is 3.29. The number of halogens is 1. The zero-order valence-electron chi connectivity index (χ0n) is 15.4. The average Bonchev–Trinajstić information content (AvgIpc) is 3.23. The Kier molecular flexibility index (Phi) is 6.06. The summed E-state index contributed by atoms with van der Waals surface area (Å²) in [7, 11) is 3.05. The number of ether oxygens (including phenoxy) is 1. The lowest BCUT2D eigenvalue weighted by Gasteiger charge is -2.18. The predicted octanol–water partition coefficient (Wildman–Crippen LogP) is 4.42. The highest BCUT2D eigenvalue weighted by Crippen LogP contribution is 2.19. The van der Waals surface area contributed by atoms with Gasteiger partial charge >= 0.3 is 0 Å². The molecule has 0 saturated carbocycles. The molecule has 144 valence electrons. The summed E-state index contributed by atoms with van der Waals surface area (Å²) in [4.78, 5) is 26.8. The van der Waals surface area contributed by atoms with Gasteiger partial charge in [-0.25, -0.2) is 4.39 Å². The Morgan fingerprint density at radius 1 is 1.14 bits per heavy atom. The van der Waals surface area contributed by atoms with E-state index in [0.717, 1.165) is 0 Å². The monoisotopic (exact) mass is 398 g/mol. The predicted molar refractivity (Wildman–Crippen MR) is 107 cm³/mol. The van der Waals surface area contributed by atoms with Crippen molar-refractivity contribution in [2.24, 2.45) is 0 Å². The fraction of sp³-hybridized carbons (Fsp3) is 0.143. The molecule has 0 fully saturated rings. The van der Waals surface area contributed by atoms with Gasteiger partial charge in [0.05, 0.1) is 12.0 Å². The first-order valence-corrected chi connectivity index (χ1v) is 9.38. The first-order valence-electron chi connectivity index (χ1n) is 8.50. The molecule has 0 spiro atoms. The third-order valence-corrected chi connectivity index (χ3v) is 4.99. The number of benzene rings is 2. The highest BCUT2D eigenvalue weighted by Gasteiger charge is 2.14. The number of amides is 2. The SMILES string of the molecule is COc1ccc(CN(C)C(=O)c2ccc(NC(=O)c3cccs3)cc2)cc1F. The highest BCUT2D eigenvalue weighted by atomic mass is 32.1. The molecule has 1 heterocycles. The number of carbonyl (C=O) groups excluding carboxylic acids is 2. The molecule has 1 aromatic heterocycles. The van der Waals surface area contributed by atoms with Gasteiger partial charge in [-0.3, -0.25) is 9.59 Å². The van der Waals surface area contributed by atoms with Crippen molar-refractivity contribution < 1.29 is 18.7 Å². The Balaban J connectivity index is 1.63. The lowest BCUT2D eigenvalue weighted by Crippen LogP contribution is -2.26. The van der Waals surface area contributed by atoms with E-state index in [0.29, 0.717) is 21.7 Å². The van der Waals surface area contributed by atoms with Gasteiger partial charge in [-0.1, -0.05) is 12.1 Å². The van der Waals surface area contributed by atoms with E-state index in [2.05, 4.69) is 5.32 Å². The molecule has 0 aliphatic rings.